The fourth-order valence-electron chi connectivity index (χ4n) is 2.73. The lowest BCUT2D eigenvalue weighted by Gasteiger charge is -2.15. The second kappa shape index (κ2) is 8.97. The minimum absolute atomic E-state index is 0.186. The molecule has 1 aromatic heterocycles. The number of benzene rings is 2. The fraction of sp³-hybridized carbons (Fsp3) is 0.211. The Hall–Kier alpha value is -3.81. The Morgan fingerprint density at radius 1 is 1.15 bits per heavy atom. The summed E-state index contributed by atoms with van der Waals surface area (Å²) in [6.45, 7) is -2.60. The van der Waals surface area contributed by atoms with Crippen molar-refractivity contribution in [2.75, 3.05) is 11.9 Å². The summed E-state index contributed by atoms with van der Waals surface area (Å²) in [6.07, 6.45) is -4.86. The largest absolute Gasteiger partial charge is 0.483 e. The number of para-hydroxylation sites is 1. The monoisotopic (exact) mass is 476 g/mol. The summed E-state index contributed by atoms with van der Waals surface area (Å²) in [5, 5.41) is 14.7. The molecule has 0 aliphatic rings. The zero-order valence-electron chi connectivity index (χ0n) is 16.6. The first kappa shape index (κ1) is 23.8. The second-order valence-corrected chi connectivity index (χ2v) is 6.58. The Bertz CT molecular complexity index is 1250. The van der Waals surface area contributed by atoms with Gasteiger partial charge >= 0.3 is 11.9 Å². The van der Waals surface area contributed by atoms with E-state index in [9.17, 15) is 41.0 Å². The number of rotatable bonds is 6. The third-order valence-electron chi connectivity index (χ3n) is 4.33. The number of aromatic nitrogens is 3. The van der Waals surface area contributed by atoms with E-state index in [1.807, 2.05) is 5.32 Å². The average molecular weight is 476 g/mol. The maximum absolute atomic E-state index is 14.8. The molecule has 0 aliphatic carbocycles. The molecule has 33 heavy (non-hydrogen) atoms. The van der Waals surface area contributed by atoms with E-state index in [1.54, 1.807) is 0 Å². The van der Waals surface area contributed by atoms with Crippen molar-refractivity contribution in [1.82, 2.24) is 14.3 Å². The Morgan fingerprint density at radius 2 is 1.79 bits per heavy atom. The number of carbonyl (C=O) groups excluding carboxylic acids is 1. The number of hydrogen-bond acceptors (Lipinski definition) is 5. The van der Waals surface area contributed by atoms with Crippen molar-refractivity contribution in [3.63, 3.8) is 0 Å². The van der Waals surface area contributed by atoms with Gasteiger partial charge in [0.05, 0.1) is 5.56 Å². The van der Waals surface area contributed by atoms with Crippen LogP contribution in [0.2, 0.25) is 0 Å². The van der Waals surface area contributed by atoms with Crippen LogP contribution in [0, 0.1) is 17.5 Å². The highest BCUT2D eigenvalue weighted by Gasteiger charge is 2.30. The van der Waals surface area contributed by atoms with Crippen LogP contribution in [0.4, 0.5) is 32.0 Å². The van der Waals surface area contributed by atoms with Gasteiger partial charge in [-0.25, -0.2) is 18.0 Å². The molecule has 1 heterocycles. The summed E-state index contributed by atoms with van der Waals surface area (Å²) in [6, 6.07) is 3.67. The van der Waals surface area contributed by atoms with Crippen molar-refractivity contribution in [3.05, 3.63) is 69.7 Å². The molecule has 8 nitrogen and oxygen atoms in total. The minimum Gasteiger partial charge on any atom is -0.483 e. The van der Waals surface area contributed by atoms with Crippen LogP contribution in [-0.2, 0) is 13.7 Å². The SMILES string of the molecule is Cn1c(CO)nn(-c2cc(OCC(F)(F)F)c(C(=O)Nc3c(F)cccc3F)cc2F)c1=O. The van der Waals surface area contributed by atoms with Gasteiger partial charge in [0.1, 0.15) is 41.2 Å². The highest BCUT2D eigenvalue weighted by atomic mass is 19.4. The quantitative estimate of drug-likeness (QED) is 0.534. The lowest BCUT2D eigenvalue weighted by molar-refractivity contribution is -0.153. The highest BCUT2D eigenvalue weighted by Crippen LogP contribution is 2.29. The lowest BCUT2D eigenvalue weighted by atomic mass is 10.1. The van der Waals surface area contributed by atoms with E-state index in [4.69, 9.17) is 0 Å². The molecule has 0 radical (unpaired) electrons. The predicted molar refractivity (Wildman–Crippen MR) is 101 cm³/mol. The van der Waals surface area contributed by atoms with Gasteiger partial charge in [-0.05, 0) is 18.2 Å². The third kappa shape index (κ3) is 5.00. The number of nitrogens with one attached hydrogen (secondary N) is 1. The molecule has 0 aliphatic heterocycles. The van der Waals surface area contributed by atoms with Gasteiger partial charge in [-0.2, -0.15) is 17.9 Å². The van der Waals surface area contributed by atoms with Gasteiger partial charge in [0.25, 0.3) is 5.91 Å². The van der Waals surface area contributed by atoms with Crippen molar-refractivity contribution in [2.45, 2.75) is 12.8 Å². The molecule has 0 fully saturated rings. The van der Waals surface area contributed by atoms with Gasteiger partial charge in [0.15, 0.2) is 12.4 Å². The summed E-state index contributed by atoms with van der Waals surface area (Å²) in [5.41, 5.74) is -3.40. The summed E-state index contributed by atoms with van der Waals surface area (Å²) < 4.78 is 86.5. The maximum Gasteiger partial charge on any atom is 0.422 e. The zero-order chi connectivity index (χ0) is 24.5. The number of aliphatic hydroxyl groups excluding tert-OH is 1. The normalized spacial score (nSPS) is 11.5. The van der Waals surface area contributed by atoms with E-state index < -0.39 is 71.1 Å². The Balaban J connectivity index is 2.10. The molecule has 0 saturated carbocycles. The zero-order valence-corrected chi connectivity index (χ0v) is 16.6. The van der Waals surface area contributed by atoms with Crippen molar-refractivity contribution in [1.29, 1.82) is 0 Å². The molecule has 0 spiro atoms. The van der Waals surface area contributed by atoms with Crippen molar-refractivity contribution >= 4 is 11.6 Å². The van der Waals surface area contributed by atoms with E-state index >= 15 is 0 Å². The van der Waals surface area contributed by atoms with Gasteiger partial charge in [0, 0.05) is 13.1 Å². The molecule has 0 saturated heterocycles. The van der Waals surface area contributed by atoms with Crippen LogP contribution in [0.1, 0.15) is 16.2 Å². The molecule has 0 atom stereocenters. The number of ether oxygens (including phenoxy) is 1. The Labute approximate surface area is 180 Å². The third-order valence-corrected chi connectivity index (χ3v) is 4.33. The first-order valence-electron chi connectivity index (χ1n) is 8.97. The molecule has 3 aromatic rings. The molecular formula is C19H14F6N4O4. The van der Waals surface area contributed by atoms with E-state index in [-0.39, 0.29) is 5.82 Å². The summed E-state index contributed by atoms with van der Waals surface area (Å²) in [4.78, 5) is 24.8. The van der Waals surface area contributed by atoms with E-state index in [1.165, 1.54) is 7.05 Å². The first-order valence-corrected chi connectivity index (χ1v) is 8.97. The average Bonchev–Trinajstić information content (AvgIpc) is 3.03. The Kier molecular flexibility index (Phi) is 6.48. The molecule has 0 unspecified atom stereocenters. The summed E-state index contributed by atoms with van der Waals surface area (Å²) >= 11 is 0. The molecule has 3 rings (SSSR count). The number of anilines is 1. The second-order valence-electron chi connectivity index (χ2n) is 6.58. The first-order chi connectivity index (χ1) is 15.4. The number of nitrogens with zero attached hydrogens (tertiary/aromatic N) is 3. The standard InChI is InChI=1S/C19H14F6N4O4/c1-28-15(7-30)27-29(18(28)32)13-6-14(33-8-19(23,24)25)9(5-12(13)22)17(31)26-16-10(20)3-2-4-11(16)21/h2-6,30H,7-8H2,1H3,(H,26,31). The molecular weight excluding hydrogens is 462 g/mol. The van der Waals surface area contributed by atoms with Gasteiger partial charge < -0.3 is 15.2 Å². The van der Waals surface area contributed by atoms with Crippen molar-refractivity contribution in [2.24, 2.45) is 7.05 Å². The van der Waals surface area contributed by atoms with Crippen LogP contribution in [0.3, 0.4) is 0 Å². The van der Waals surface area contributed by atoms with Crippen molar-refractivity contribution < 1.29 is 41.0 Å². The molecule has 0 bridgehead atoms. The minimum atomic E-state index is -4.86. The van der Waals surface area contributed by atoms with Gasteiger partial charge in [-0.15, -0.1) is 5.10 Å². The molecule has 14 heteroatoms. The smallest absolute Gasteiger partial charge is 0.422 e. The number of amides is 1. The number of carbonyl (C=O) groups is 1. The topological polar surface area (TPSA) is 98.4 Å². The van der Waals surface area contributed by atoms with E-state index in [2.05, 4.69) is 9.84 Å². The predicted octanol–water partition coefficient (Wildman–Crippen LogP) is 2.67. The molecule has 1 amide bonds. The van der Waals surface area contributed by atoms with Gasteiger partial charge in [0.2, 0.25) is 0 Å². The number of halogens is 6. The number of aliphatic hydroxyl groups is 1. The molecule has 2 aromatic carbocycles. The van der Waals surface area contributed by atoms with Gasteiger partial charge in [-0.3, -0.25) is 9.36 Å². The molecule has 2 N–H and O–H groups in total. The number of alkyl halides is 3. The lowest BCUT2D eigenvalue weighted by Crippen LogP contribution is -2.24. The van der Waals surface area contributed by atoms with Crippen LogP contribution in [0.25, 0.3) is 5.69 Å². The van der Waals surface area contributed by atoms with Crippen LogP contribution >= 0.6 is 0 Å². The van der Waals surface area contributed by atoms with Gasteiger partial charge in [-0.1, -0.05) is 6.07 Å². The fourth-order valence-corrected chi connectivity index (χ4v) is 2.73. The Morgan fingerprint density at radius 3 is 2.33 bits per heavy atom. The molecule has 176 valence electrons. The van der Waals surface area contributed by atoms with Crippen LogP contribution in [0.5, 0.6) is 5.75 Å². The highest BCUT2D eigenvalue weighted by molar-refractivity contribution is 6.06. The summed E-state index contributed by atoms with van der Waals surface area (Å²) in [7, 11) is 1.21. The van der Waals surface area contributed by atoms with Crippen LogP contribution < -0.4 is 15.7 Å². The van der Waals surface area contributed by atoms with Crippen LogP contribution in [0.15, 0.2) is 35.1 Å². The number of hydrogen-bond donors (Lipinski definition) is 2. The summed E-state index contributed by atoms with van der Waals surface area (Å²) in [5.74, 6) is -6.08. The van der Waals surface area contributed by atoms with E-state index in [0.29, 0.717) is 16.8 Å². The maximum atomic E-state index is 14.8. The van der Waals surface area contributed by atoms with Crippen molar-refractivity contribution in [3.8, 4) is 11.4 Å². The van der Waals surface area contributed by atoms with Crippen LogP contribution in [-0.4, -0.2) is 38.1 Å². The van der Waals surface area contributed by atoms with E-state index in [0.717, 1.165) is 22.8 Å².